The summed E-state index contributed by atoms with van der Waals surface area (Å²) in [5.41, 5.74) is 4.96. The standard InChI is InChI=1S/C30H31N5O4/c1-3-21-16-27(39-19(2)36)23-8-4-7-11-26(23)35(29(21)38)18-28(37)31-17-20-12-14-22(15-13-20)32-30-33-24-9-5-6-10-25(24)34-30/h4-15,21,27H,3,16-18H2,1-2H3,(H,31,37)(H2,32,33,34). The van der Waals surface area contributed by atoms with E-state index in [0.717, 1.165) is 27.8 Å². The highest BCUT2D eigenvalue weighted by Crippen LogP contribution is 2.38. The number of fused-ring (bicyclic) bond motifs is 2. The lowest BCUT2D eigenvalue weighted by Gasteiger charge is -2.25. The van der Waals surface area contributed by atoms with Crippen molar-refractivity contribution >= 4 is 46.1 Å². The number of benzene rings is 3. The van der Waals surface area contributed by atoms with Gasteiger partial charge in [0.15, 0.2) is 0 Å². The number of carbonyl (C=O) groups excluding carboxylic acids is 3. The first-order valence-electron chi connectivity index (χ1n) is 13.1. The molecule has 0 saturated carbocycles. The number of aromatic amines is 1. The van der Waals surface area contributed by atoms with Gasteiger partial charge in [0.2, 0.25) is 17.8 Å². The van der Waals surface area contributed by atoms with Gasteiger partial charge in [-0.15, -0.1) is 0 Å². The van der Waals surface area contributed by atoms with Gasteiger partial charge in [-0.1, -0.05) is 49.4 Å². The van der Waals surface area contributed by atoms with Gasteiger partial charge < -0.3 is 25.3 Å². The van der Waals surface area contributed by atoms with Crippen LogP contribution in [-0.2, 0) is 25.7 Å². The first kappa shape index (κ1) is 26.0. The van der Waals surface area contributed by atoms with Crippen LogP contribution in [0.2, 0.25) is 0 Å². The van der Waals surface area contributed by atoms with Gasteiger partial charge in [0, 0.05) is 37.1 Å². The van der Waals surface area contributed by atoms with E-state index in [-0.39, 0.29) is 24.3 Å². The van der Waals surface area contributed by atoms with Crippen LogP contribution in [-0.4, -0.2) is 34.3 Å². The van der Waals surface area contributed by atoms with Crippen molar-refractivity contribution < 1.29 is 19.1 Å². The molecule has 200 valence electrons. The number of imidazole rings is 1. The normalized spacial score (nSPS) is 16.9. The van der Waals surface area contributed by atoms with Gasteiger partial charge >= 0.3 is 5.97 Å². The monoisotopic (exact) mass is 525 g/mol. The average molecular weight is 526 g/mol. The second-order valence-electron chi connectivity index (χ2n) is 9.62. The van der Waals surface area contributed by atoms with Gasteiger partial charge in [0.05, 0.1) is 16.7 Å². The Balaban J connectivity index is 1.23. The van der Waals surface area contributed by atoms with Crippen molar-refractivity contribution in [1.82, 2.24) is 15.3 Å². The molecule has 9 nitrogen and oxygen atoms in total. The molecule has 5 rings (SSSR count). The van der Waals surface area contributed by atoms with E-state index in [4.69, 9.17) is 4.74 Å². The van der Waals surface area contributed by atoms with Crippen LogP contribution in [0.1, 0.15) is 43.9 Å². The average Bonchev–Trinajstić information content (AvgIpc) is 3.31. The molecule has 9 heteroatoms. The molecule has 0 spiro atoms. The van der Waals surface area contributed by atoms with Crippen molar-refractivity contribution in [2.45, 2.75) is 39.3 Å². The van der Waals surface area contributed by atoms with E-state index < -0.39 is 12.1 Å². The minimum absolute atomic E-state index is 0.120. The van der Waals surface area contributed by atoms with E-state index in [1.807, 2.05) is 73.7 Å². The molecule has 1 aliphatic rings. The summed E-state index contributed by atoms with van der Waals surface area (Å²) in [6, 6.07) is 22.8. The number of aromatic nitrogens is 2. The zero-order valence-electron chi connectivity index (χ0n) is 21.9. The van der Waals surface area contributed by atoms with Crippen molar-refractivity contribution in [3.63, 3.8) is 0 Å². The van der Waals surface area contributed by atoms with E-state index in [0.29, 0.717) is 31.0 Å². The molecule has 0 saturated heterocycles. The van der Waals surface area contributed by atoms with Gasteiger partial charge in [0.25, 0.3) is 0 Å². The van der Waals surface area contributed by atoms with E-state index in [1.165, 1.54) is 11.8 Å². The zero-order chi connectivity index (χ0) is 27.4. The predicted octanol–water partition coefficient (Wildman–Crippen LogP) is 4.99. The summed E-state index contributed by atoms with van der Waals surface area (Å²) >= 11 is 0. The Bertz CT molecular complexity index is 1460. The topological polar surface area (TPSA) is 116 Å². The Morgan fingerprint density at radius 2 is 1.79 bits per heavy atom. The number of nitrogens with zero attached hydrogens (tertiary/aromatic N) is 2. The van der Waals surface area contributed by atoms with Crippen LogP contribution < -0.4 is 15.5 Å². The lowest BCUT2D eigenvalue weighted by molar-refractivity contribution is -0.148. The van der Waals surface area contributed by atoms with Gasteiger partial charge in [-0.3, -0.25) is 14.4 Å². The fourth-order valence-electron chi connectivity index (χ4n) is 4.90. The Labute approximate surface area is 226 Å². The van der Waals surface area contributed by atoms with Crippen molar-refractivity contribution in [2.75, 3.05) is 16.8 Å². The summed E-state index contributed by atoms with van der Waals surface area (Å²) in [7, 11) is 0. The number of carbonyl (C=O) groups is 3. The number of H-pyrrole nitrogens is 1. The molecule has 4 aromatic rings. The number of amides is 2. The highest BCUT2D eigenvalue weighted by Gasteiger charge is 2.36. The van der Waals surface area contributed by atoms with Crippen LogP contribution in [0.5, 0.6) is 0 Å². The fraction of sp³-hybridized carbons (Fsp3) is 0.267. The van der Waals surface area contributed by atoms with Crippen molar-refractivity contribution in [3.05, 3.63) is 83.9 Å². The summed E-state index contributed by atoms with van der Waals surface area (Å²) in [4.78, 5) is 47.4. The maximum Gasteiger partial charge on any atom is 0.303 e. The maximum atomic E-state index is 13.4. The molecule has 3 aromatic carbocycles. The van der Waals surface area contributed by atoms with E-state index in [1.54, 1.807) is 6.07 Å². The van der Waals surface area contributed by atoms with Gasteiger partial charge in [0.1, 0.15) is 12.6 Å². The Morgan fingerprint density at radius 3 is 2.54 bits per heavy atom. The molecule has 0 radical (unpaired) electrons. The highest BCUT2D eigenvalue weighted by atomic mass is 16.5. The number of ether oxygens (including phenoxy) is 1. The lowest BCUT2D eigenvalue weighted by atomic mass is 9.95. The third-order valence-electron chi connectivity index (χ3n) is 6.89. The minimum atomic E-state index is -0.535. The van der Waals surface area contributed by atoms with E-state index in [9.17, 15) is 14.4 Å². The number of esters is 1. The van der Waals surface area contributed by atoms with Crippen LogP contribution >= 0.6 is 0 Å². The van der Waals surface area contributed by atoms with Crippen molar-refractivity contribution in [1.29, 1.82) is 0 Å². The van der Waals surface area contributed by atoms with Crippen LogP contribution in [0.25, 0.3) is 11.0 Å². The van der Waals surface area contributed by atoms with Gasteiger partial charge in [-0.25, -0.2) is 4.98 Å². The summed E-state index contributed by atoms with van der Waals surface area (Å²) < 4.78 is 5.57. The number of rotatable bonds is 8. The molecule has 2 amide bonds. The summed E-state index contributed by atoms with van der Waals surface area (Å²) in [5.74, 6) is -0.524. The number of hydrogen-bond acceptors (Lipinski definition) is 6. The van der Waals surface area contributed by atoms with Crippen LogP contribution in [0.4, 0.5) is 17.3 Å². The Hall–Kier alpha value is -4.66. The molecule has 2 atom stereocenters. The SMILES string of the molecule is CCC1CC(OC(C)=O)c2ccccc2N(CC(=O)NCc2ccc(Nc3nc4ccccc4[nH]3)cc2)C1=O. The summed E-state index contributed by atoms with van der Waals surface area (Å²) in [6.45, 7) is 3.49. The molecule has 1 aliphatic heterocycles. The fourth-order valence-corrected chi connectivity index (χ4v) is 4.90. The maximum absolute atomic E-state index is 13.4. The highest BCUT2D eigenvalue weighted by molar-refractivity contribution is 6.01. The molecule has 39 heavy (non-hydrogen) atoms. The second kappa shape index (κ2) is 11.4. The largest absolute Gasteiger partial charge is 0.458 e. The molecule has 1 aromatic heterocycles. The third-order valence-corrected chi connectivity index (χ3v) is 6.89. The summed E-state index contributed by atoms with van der Waals surface area (Å²) in [6.07, 6.45) is 0.433. The number of nitrogens with one attached hydrogen (secondary N) is 3. The molecule has 0 fully saturated rings. The zero-order valence-corrected chi connectivity index (χ0v) is 21.9. The minimum Gasteiger partial charge on any atom is -0.458 e. The van der Waals surface area contributed by atoms with Gasteiger partial charge in [-0.05, 0) is 42.3 Å². The third kappa shape index (κ3) is 5.93. The van der Waals surface area contributed by atoms with Crippen LogP contribution in [0.3, 0.4) is 0 Å². The molecule has 2 heterocycles. The van der Waals surface area contributed by atoms with Crippen molar-refractivity contribution in [2.24, 2.45) is 5.92 Å². The predicted molar refractivity (Wildman–Crippen MR) is 149 cm³/mol. The molecular weight excluding hydrogens is 494 g/mol. The van der Waals surface area contributed by atoms with Crippen LogP contribution in [0, 0.1) is 5.92 Å². The number of para-hydroxylation sites is 3. The molecule has 0 bridgehead atoms. The number of hydrogen-bond donors (Lipinski definition) is 3. The second-order valence-corrected chi connectivity index (χ2v) is 9.62. The van der Waals surface area contributed by atoms with Gasteiger partial charge in [-0.2, -0.15) is 0 Å². The Morgan fingerprint density at radius 1 is 1.05 bits per heavy atom. The van der Waals surface area contributed by atoms with E-state index in [2.05, 4.69) is 20.6 Å². The van der Waals surface area contributed by atoms with Crippen LogP contribution in [0.15, 0.2) is 72.8 Å². The first-order chi connectivity index (χ1) is 18.9. The number of anilines is 3. The van der Waals surface area contributed by atoms with E-state index >= 15 is 0 Å². The molecule has 2 unspecified atom stereocenters. The first-order valence-corrected chi connectivity index (χ1v) is 13.1. The van der Waals surface area contributed by atoms with Crippen molar-refractivity contribution in [3.8, 4) is 0 Å². The lowest BCUT2D eigenvalue weighted by Crippen LogP contribution is -2.42. The smallest absolute Gasteiger partial charge is 0.303 e. The quantitative estimate of drug-likeness (QED) is 0.279. The summed E-state index contributed by atoms with van der Waals surface area (Å²) in [5, 5.41) is 6.18. The Kier molecular flexibility index (Phi) is 7.58. The molecule has 3 N–H and O–H groups in total. The molecular formula is C30H31N5O4. The molecule has 0 aliphatic carbocycles.